The fourth-order valence-corrected chi connectivity index (χ4v) is 2.86. The number of carbonyl (C=O) groups is 1. The van der Waals surface area contributed by atoms with Crippen LogP contribution in [0.15, 0.2) is 0 Å². The molecule has 7 nitrogen and oxygen atoms in total. The molecule has 108 valence electrons. The predicted octanol–water partition coefficient (Wildman–Crippen LogP) is -1.01. The molecule has 0 radical (unpaired) electrons. The van der Waals surface area contributed by atoms with Crippen LogP contribution in [-0.2, 0) is 19.6 Å². The summed E-state index contributed by atoms with van der Waals surface area (Å²) in [5, 5.41) is 18.3. The van der Waals surface area contributed by atoms with Gasteiger partial charge in [0.25, 0.3) is 0 Å². The van der Waals surface area contributed by atoms with Crippen LogP contribution >= 0.6 is 0 Å². The van der Waals surface area contributed by atoms with Crippen LogP contribution in [-0.4, -0.2) is 56.2 Å². The van der Waals surface area contributed by atoms with E-state index in [0.717, 1.165) is 0 Å². The Labute approximate surface area is 107 Å². The Hall–Kier alpha value is -0.700. The molecule has 0 aliphatic heterocycles. The molecule has 18 heavy (non-hydrogen) atoms. The van der Waals surface area contributed by atoms with E-state index in [1.807, 2.05) is 0 Å². The van der Waals surface area contributed by atoms with Gasteiger partial charge in [-0.3, -0.25) is 4.79 Å². The summed E-state index contributed by atoms with van der Waals surface area (Å²) in [5.41, 5.74) is -1.25. The van der Waals surface area contributed by atoms with E-state index in [1.165, 1.54) is 7.11 Å². The van der Waals surface area contributed by atoms with Gasteiger partial charge in [-0.1, -0.05) is 6.92 Å². The van der Waals surface area contributed by atoms with E-state index in [4.69, 9.17) is 10.2 Å². The van der Waals surface area contributed by atoms with Crippen molar-refractivity contribution in [1.29, 1.82) is 0 Å². The van der Waals surface area contributed by atoms with E-state index in [0.29, 0.717) is 0 Å². The molecule has 0 fully saturated rings. The van der Waals surface area contributed by atoms with Crippen LogP contribution in [0.4, 0.5) is 0 Å². The van der Waals surface area contributed by atoms with E-state index >= 15 is 0 Å². The lowest BCUT2D eigenvalue weighted by Crippen LogP contribution is -2.54. The number of methoxy groups -OCH3 is 1. The van der Waals surface area contributed by atoms with Gasteiger partial charge < -0.3 is 14.9 Å². The Morgan fingerprint density at radius 2 is 1.89 bits per heavy atom. The summed E-state index contributed by atoms with van der Waals surface area (Å²) in [5.74, 6) is -0.736. The van der Waals surface area contributed by atoms with Crippen molar-refractivity contribution in [1.82, 2.24) is 4.72 Å². The Balaban J connectivity index is 4.42. The fraction of sp³-hybridized carbons (Fsp3) is 0.900. The molecule has 0 amide bonds. The maximum atomic E-state index is 11.7. The molecule has 0 saturated carbocycles. The first-order chi connectivity index (χ1) is 8.34. The molecule has 0 bridgehead atoms. The summed E-state index contributed by atoms with van der Waals surface area (Å²) < 4.78 is 30.1. The third-order valence-corrected chi connectivity index (χ3v) is 4.25. The highest BCUT2D eigenvalue weighted by Gasteiger charge is 2.31. The van der Waals surface area contributed by atoms with E-state index < -0.39 is 34.7 Å². The highest BCUT2D eigenvalue weighted by atomic mass is 32.2. The molecule has 0 rings (SSSR count). The Kier molecular flexibility index (Phi) is 7.37. The summed E-state index contributed by atoms with van der Waals surface area (Å²) in [7, 11) is -2.43. The Morgan fingerprint density at radius 1 is 1.33 bits per heavy atom. The zero-order chi connectivity index (χ0) is 14.2. The third-order valence-electron chi connectivity index (χ3n) is 2.68. The van der Waals surface area contributed by atoms with Crippen molar-refractivity contribution in [3.8, 4) is 0 Å². The van der Waals surface area contributed by atoms with Gasteiger partial charge in [0.15, 0.2) is 0 Å². The maximum absolute atomic E-state index is 11.7. The number of esters is 1. The summed E-state index contributed by atoms with van der Waals surface area (Å²) in [6, 6.07) is 0. The number of hydrogen-bond donors (Lipinski definition) is 3. The zero-order valence-electron chi connectivity index (χ0n) is 10.7. The Bertz CT molecular complexity index is 341. The monoisotopic (exact) mass is 283 g/mol. The van der Waals surface area contributed by atoms with E-state index in [-0.39, 0.29) is 25.0 Å². The first-order valence-corrected chi connectivity index (χ1v) is 7.30. The van der Waals surface area contributed by atoms with Gasteiger partial charge in [0.05, 0.1) is 31.6 Å². The lowest BCUT2D eigenvalue weighted by Gasteiger charge is -2.29. The van der Waals surface area contributed by atoms with Gasteiger partial charge in [-0.25, -0.2) is 13.1 Å². The van der Waals surface area contributed by atoms with Gasteiger partial charge in [-0.05, 0) is 12.8 Å². The van der Waals surface area contributed by atoms with E-state index in [1.54, 1.807) is 6.92 Å². The molecule has 0 heterocycles. The topological polar surface area (TPSA) is 113 Å². The number of aliphatic hydroxyl groups is 2. The molecule has 8 heteroatoms. The number of rotatable bonds is 9. The number of ether oxygens (including phenoxy) is 1. The smallest absolute Gasteiger partial charge is 0.305 e. The van der Waals surface area contributed by atoms with Gasteiger partial charge in [-0.2, -0.15) is 0 Å². The molecule has 3 N–H and O–H groups in total. The largest absolute Gasteiger partial charge is 0.469 e. The number of aliphatic hydroxyl groups excluding tert-OH is 2. The second-order valence-electron chi connectivity index (χ2n) is 4.05. The highest BCUT2D eigenvalue weighted by molar-refractivity contribution is 7.89. The van der Waals surface area contributed by atoms with Crippen LogP contribution in [0.3, 0.4) is 0 Å². The minimum atomic E-state index is -3.66. The van der Waals surface area contributed by atoms with Gasteiger partial charge in [0, 0.05) is 6.42 Å². The molecular formula is C10H21NO6S. The van der Waals surface area contributed by atoms with Crippen molar-refractivity contribution in [3.63, 3.8) is 0 Å². The molecule has 0 unspecified atom stereocenters. The van der Waals surface area contributed by atoms with Crippen LogP contribution < -0.4 is 4.72 Å². The molecule has 0 aromatic rings. The lowest BCUT2D eigenvalue weighted by molar-refractivity contribution is -0.140. The number of nitrogens with one attached hydrogen (secondary N) is 1. The first-order valence-electron chi connectivity index (χ1n) is 5.65. The van der Waals surface area contributed by atoms with Gasteiger partial charge in [-0.15, -0.1) is 0 Å². The zero-order valence-corrected chi connectivity index (χ0v) is 11.5. The predicted molar refractivity (Wildman–Crippen MR) is 65.4 cm³/mol. The molecular weight excluding hydrogens is 262 g/mol. The summed E-state index contributed by atoms with van der Waals surface area (Å²) in [6.07, 6.45) is 0.393. The van der Waals surface area contributed by atoms with Crippen molar-refractivity contribution in [2.75, 3.05) is 26.1 Å². The fourth-order valence-electron chi connectivity index (χ4n) is 1.30. The van der Waals surface area contributed by atoms with Gasteiger partial charge >= 0.3 is 5.97 Å². The minimum absolute atomic E-state index is 0.00872. The Morgan fingerprint density at radius 3 is 2.28 bits per heavy atom. The molecule has 0 aliphatic carbocycles. The van der Waals surface area contributed by atoms with Crippen molar-refractivity contribution in [2.24, 2.45) is 0 Å². The van der Waals surface area contributed by atoms with Crippen molar-refractivity contribution in [3.05, 3.63) is 0 Å². The average molecular weight is 283 g/mol. The van der Waals surface area contributed by atoms with Gasteiger partial charge in [0.1, 0.15) is 0 Å². The summed E-state index contributed by atoms with van der Waals surface area (Å²) in [4.78, 5) is 10.8. The SMILES string of the molecule is CCC(CO)(CO)NS(=O)(=O)CCCC(=O)OC. The first kappa shape index (κ1) is 17.3. The second-order valence-corrected chi connectivity index (χ2v) is 5.89. The number of carbonyl (C=O) groups excluding carboxylic acids is 1. The quantitative estimate of drug-likeness (QED) is 0.467. The molecule has 0 aromatic heterocycles. The van der Waals surface area contributed by atoms with Crippen LogP contribution in [0.2, 0.25) is 0 Å². The van der Waals surface area contributed by atoms with Crippen LogP contribution in [0.1, 0.15) is 26.2 Å². The molecule has 0 spiro atoms. The molecule has 0 aliphatic rings. The van der Waals surface area contributed by atoms with Crippen molar-refractivity contribution >= 4 is 16.0 Å². The molecule has 0 atom stereocenters. The van der Waals surface area contributed by atoms with Crippen molar-refractivity contribution < 1.29 is 28.2 Å². The average Bonchev–Trinajstić information content (AvgIpc) is 2.35. The van der Waals surface area contributed by atoms with Crippen molar-refractivity contribution in [2.45, 2.75) is 31.7 Å². The van der Waals surface area contributed by atoms with Crippen LogP contribution in [0, 0.1) is 0 Å². The molecule has 0 aromatic carbocycles. The normalized spacial score (nSPS) is 12.4. The van der Waals surface area contributed by atoms with E-state index in [2.05, 4.69) is 9.46 Å². The third kappa shape index (κ3) is 5.76. The van der Waals surface area contributed by atoms with Crippen LogP contribution in [0.5, 0.6) is 0 Å². The number of hydrogen-bond acceptors (Lipinski definition) is 6. The minimum Gasteiger partial charge on any atom is -0.469 e. The van der Waals surface area contributed by atoms with Gasteiger partial charge in [0.2, 0.25) is 10.0 Å². The highest BCUT2D eigenvalue weighted by Crippen LogP contribution is 2.11. The van der Waals surface area contributed by atoms with E-state index in [9.17, 15) is 13.2 Å². The lowest BCUT2D eigenvalue weighted by atomic mass is 10.0. The standard InChI is InChI=1S/C10H21NO6S/c1-3-10(7-12,8-13)11-18(15,16)6-4-5-9(14)17-2/h11-13H,3-8H2,1-2H3. The number of sulfonamides is 1. The maximum Gasteiger partial charge on any atom is 0.305 e. The molecule has 0 saturated heterocycles. The van der Waals surface area contributed by atoms with Crippen LogP contribution in [0.25, 0.3) is 0 Å². The summed E-state index contributed by atoms with van der Waals surface area (Å²) in [6.45, 7) is 0.676. The summed E-state index contributed by atoms with van der Waals surface area (Å²) >= 11 is 0. The second kappa shape index (κ2) is 7.67.